The highest BCUT2D eigenvalue weighted by molar-refractivity contribution is 7.30. The van der Waals surface area contributed by atoms with E-state index in [1.54, 1.807) is 4.50 Å². The molecule has 2 aromatic rings. The Morgan fingerprint density at radius 2 is 1.46 bits per heavy atom. The van der Waals surface area contributed by atoms with Gasteiger partial charge in [0.05, 0.1) is 8.07 Å². The molecule has 2 heterocycles. The Morgan fingerprint density at radius 3 is 1.75 bits per heavy atom. The van der Waals surface area contributed by atoms with Gasteiger partial charge in [0, 0.05) is 14.6 Å². The van der Waals surface area contributed by atoms with E-state index < -0.39 is 8.07 Å². The van der Waals surface area contributed by atoms with Crippen LogP contribution in [-0.4, -0.2) is 8.07 Å². The Bertz CT molecular complexity index is 604. The van der Waals surface area contributed by atoms with Crippen LogP contribution in [0, 0.1) is 13.8 Å². The number of thiophene rings is 2. The summed E-state index contributed by atoms with van der Waals surface area (Å²) in [6.45, 7) is 22.7. The second-order valence-corrected chi connectivity index (χ2v) is 14.4. The smallest absolute Gasteiger partial charge is 0.0904 e. The van der Waals surface area contributed by atoms with E-state index >= 15 is 0 Å². The van der Waals surface area contributed by atoms with Crippen molar-refractivity contribution in [2.24, 2.45) is 0 Å². The van der Waals surface area contributed by atoms with Crippen molar-refractivity contribution in [3.63, 3.8) is 0 Å². The van der Waals surface area contributed by atoms with Crippen molar-refractivity contribution >= 4 is 35.2 Å². The van der Waals surface area contributed by atoms with Crippen LogP contribution in [0.1, 0.15) is 37.1 Å². The Morgan fingerprint density at radius 1 is 0.958 bits per heavy atom. The standard InChI is InChI=1S/C13H18S2Si.2C4H8/c1-9-8-10(2)14-13(9)11-6-7-12(15-11)16(3,4)5;2*1-3-4-2/h6-8H,1-5H3;2*3H,1,4H2,2H3. The predicted molar refractivity (Wildman–Crippen MR) is 121 cm³/mol. The average molecular weight is 379 g/mol. The molecular formula is C21H34S2Si. The van der Waals surface area contributed by atoms with Gasteiger partial charge in [0.15, 0.2) is 0 Å². The van der Waals surface area contributed by atoms with Crippen molar-refractivity contribution in [2.75, 3.05) is 0 Å². The van der Waals surface area contributed by atoms with Crippen LogP contribution >= 0.6 is 22.7 Å². The van der Waals surface area contributed by atoms with Gasteiger partial charge in [-0.25, -0.2) is 0 Å². The molecular weight excluding hydrogens is 344 g/mol. The van der Waals surface area contributed by atoms with Crippen molar-refractivity contribution in [1.29, 1.82) is 0 Å². The molecule has 0 aliphatic carbocycles. The summed E-state index contributed by atoms with van der Waals surface area (Å²) in [5.41, 5.74) is 1.42. The maximum atomic E-state index is 3.48. The lowest BCUT2D eigenvalue weighted by Crippen LogP contribution is -2.34. The molecule has 3 heteroatoms. The van der Waals surface area contributed by atoms with Gasteiger partial charge in [-0.1, -0.05) is 51.7 Å². The summed E-state index contributed by atoms with van der Waals surface area (Å²) in [5.74, 6) is 0. The average Bonchev–Trinajstić information content (AvgIpc) is 3.13. The predicted octanol–water partition coefficient (Wildman–Crippen LogP) is 7.80. The molecule has 0 N–H and O–H groups in total. The SMILES string of the molecule is C=CCC.C=CCC.Cc1cc(C)c(-c2ccc([Si](C)(C)C)s2)s1. The molecule has 0 atom stereocenters. The van der Waals surface area contributed by atoms with E-state index in [0.717, 1.165) is 12.8 Å². The van der Waals surface area contributed by atoms with E-state index in [0.29, 0.717) is 0 Å². The molecule has 0 aromatic carbocycles. The second-order valence-electron chi connectivity index (χ2n) is 6.68. The van der Waals surface area contributed by atoms with E-state index in [1.165, 1.54) is 20.2 Å². The third-order valence-corrected chi connectivity index (χ3v) is 9.21. The molecule has 0 saturated heterocycles. The Labute approximate surface area is 159 Å². The molecule has 0 spiro atoms. The fourth-order valence-corrected chi connectivity index (χ4v) is 5.85. The zero-order chi connectivity index (χ0) is 18.8. The monoisotopic (exact) mass is 378 g/mol. The summed E-state index contributed by atoms with van der Waals surface area (Å²) in [5, 5.41) is 0. The normalized spacial score (nSPS) is 10.1. The summed E-state index contributed by atoms with van der Waals surface area (Å²) in [6.07, 6.45) is 5.92. The Kier molecular flexibility index (Phi) is 11.2. The van der Waals surface area contributed by atoms with Crippen LogP contribution in [0.2, 0.25) is 19.6 Å². The number of rotatable bonds is 4. The minimum Gasteiger partial charge on any atom is -0.144 e. The fraction of sp³-hybridized carbons (Fsp3) is 0.429. The van der Waals surface area contributed by atoms with Crippen molar-refractivity contribution in [3.8, 4) is 9.75 Å². The van der Waals surface area contributed by atoms with Gasteiger partial charge in [0.1, 0.15) is 0 Å². The molecule has 0 unspecified atom stereocenters. The minimum atomic E-state index is -1.13. The third-order valence-electron chi connectivity index (χ3n) is 3.19. The summed E-state index contributed by atoms with van der Waals surface area (Å²) in [4.78, 5) is 4.33. The first kappa shape index (κ1) is 23.1. The maximum absolute atomic E-state index is 3.48. The van der Waals surface area contributed by atoms with Gasteiger partial charge >= 0.3 is 0 Å². The van der Waals surface area contributed by atoms with Crippen LogP contribution in [0.25, 0.3) is 9.75 Å². The van der Waals surface area contributed by atoms with Crippen LogP contribution in [0.5, 0.6) is 0 Å². The topological polar surface area (TPSA) is 0 Å². The van der Waals surface area contributed by atoms with Crippen molar-refractivity contribution in [3.05, 3.63) is 53.9 Å². The van der Waals surface area contributed by atoms with Gasteiger partial charge in [0.2, 0.25) is 0 Å². The lowest BCUT2D eigenvalue weighted by atomic mass is 10.2. The van der Waals surface area contributed by atoms with E-state index in [1.807, 2.05) is 34.8 Å². The maximum Gasteiger partial charge on any atom is 0.0904 e. The zero-order valence-electron chi connectivity index (χ0n) is 16.5. The van der Waals surface area contributed by atoms with Gasteiger partial charge in [0.25, 0.3) is 0 Å². The molecule has 0 fully saturated rings. The largest absolute Gasteiger partial charge is 0.144 e. The molecule has 0 nitrogen and oxygen atoms in total. The zero-order valence-corrected chi connectivity index (χ0v) is 19.2. The quantitative estimate of drug-likeness (QED) is 0.376. The van der Waals surface area contributed by atoms with Gasteiger partial charge in [-0.2, -0.15) is 0 Å². The number of aryl methyl sites for hydroxylation is 2. The molecule has 0 bridgehead atoms. The first-order chi connectivity index (χ1) is 11.2. The third kappa shape index (κ3) is 8.27. The highest BCUT2D eigenvalue weighted by atomic mass is 32.1. The van der Waals surface area contributed by atoms with E-state index in [9.17, 15) is 0 Å². The van der Waals surface area contributed by atoms with Crippen LogP contribution in [-0.2, 0) is 0 Å². The molecule has 134 valence electrons. The fourth-order valence-electron chi connectivity index (χ4n) is 1.75. The summed E-state index contributed by atoms with van der Waals surface area (Å²) in [6, 6.07) is 6.92. The summed E-state index contributed by atoms with van der Waals surface area (Å²) in [7, 11) is -1.13. The highest BCUT2D eigenvalue weighted by Crippen LogP contribution is 2.34. The first-order valence-corrected chi connectivity index (χ1v) is 13.7. The highest BCUT2D eigenvalue weighted by Gasteiger charge is 2.19. The van der Waals surface area contributed by atoms with E-state index in [4.69, 9.17) is 0 Å². The summed E-state index contributed by atoms with van der Waals surface area (Å²) < 4.78 is 1.60. The lowest BCUT2D eigenvalue weighted by Gasteiger charge is -2.12. The second kappa shape index (κ2) is 11.6. The minimum absolute atomic E-state index is 1.08. The molecule has 0 aliphatic heterocycles. The molecule has 0 amide bonds. The van der Waals surface area contributed by atoms with Gasteiger partial charge < -0.3 is 0 Å². The van der Waals surface area contributed by atoms with Crippen molar-refractivity contribution in [2.45, 2.75) is 60.2 Å². The summed E-state index contributed by atoms with van der Waals surface area (Å²) >= 11 is 3.91. The number of hydrogen-bond acceptors (Lipinski definition) is 2. The lowest BCUT2D eigenvalue weighted by molar-refractivity contribution is 1.23. The molecule has 0 aliphatic rings. The Balaban J connectivity index is 0.000000558. The number of hydrogen-bond donors (Lipinski definition) is 0. The van der Waals surface area contributed by atoms with E-state index in [-0.39, 0.29) is 0 Å². The molecule has 0 saturated carbocycles. The van der Waals surface area contributed by atoms with Crippen LogP contribution in [0.15, 0.2) is 43.5 Å². The van der Waals surface area contributed by atoms with Crippen molar-refractivity contribution in [1.82, 2.24) is 0 Å². The van der Waals surface area contributed by atoms with Gasteiger partial charge in [-0.05, 0) is 48.9 Å². The Hall–Kier alpha value is -0.903. The molecule has 24 heavy (non-hydrogen) atoms. The van der Waals surface area contributed by atoms with Gasteiger partial charge in [-0.3, -0.25) is 0 Å². The van der Waals surface area contributed by atoms with Crippen LogP contribution < -0.4 is 4.50 Å². The van der Waals surface area contributed by atoms with Crippen LogP contribution in [0.3, 0.4) is 0 Å². The number of allylic oxidation sites excluding steroid dienone is 2. The molecule has 2 rings (SSSR count). The first-order valence-electron chi connectivity index (χ1n) is 8.60. The van der Waals surface area contributed by atoms with E-state index in [2.05, 4.69) is 78.7 Å². The molecule has 0 radical (unpaired) electrons. The molecule has 2 aromatic heterocycles. The van der Waals surface area contributed by atoms with Gasteiger partial charge in [-0.15, -0.1) is 35.8 Å². The van der Waals surface area contributed by atoms with Crippen LogP contribution in [0.4, 0.5) is 0 Å². The van der Waals surface area contributed by atoms with Crippen molar-refractivity contribution < 1.29 is 0 Å².